The van der Waals surface area contributed by atoms with E-state index in [2.05, 4.69) is 25.4 Å². The highest BCUT2D eigenvalue weighted by molar-refractivity contribution is 4.99. The molecule has 1 aliphatic rings. The van der Waals surface area contributed by atoms with Gasteiger partial charge in [-0.1, -0.05) is 13.8 Å². The quantitative estimate of drug-likeness (QED) is 0.549. The predicted octanol–water partition coefficient (Wildman–Crippen LogP) is 1.06. The summed E-state index contributed by atoms with van der Waals surface area (Å²) in [5.74, 6) is 1.58. The van der Waals surface area contributed by atoms with Crippen LogP contribution in [0.25, 0.3) is 0 Å². The third-order valence-electron chi connectivity index (χ3n) is 1.15. The molecule has 0 atom stereocenters. The Morgan fingerprint density at radius 2 is 2.50 bits per heavy atom. The summed E-state index contributed by atoms with van der Waals surface area (Å²) in [6, 6.07) is 0. The highest BCUT2D eigenvalue weighted by Crippen LogP contribution is 2.11. The lowest BCUT2D eigenvalue weighted by Gasteiger charge is -2.03. The van der Waals surface area contributed by atoms with E-state index >= 15 is 0 Å². The monoisotopic (exact) mass is 113 g/mol. The summed E-state index contributed by atoms with van der Waals surface area (Å²) in [6.07, 6.45) is 2.06. The molecule has 0 fully saturated rings. The zero-order valence-corrected chi connectivity index (χ0v) is 5.27. The summed E-state index contributed by atoms with van der Waals surface area (Å²) in [7, 11) is 0. The molecule has 0 aromatic rings. The molecule has 46 valence electrons. The van der Waals surface area contributed by atoms with Crippen molar-refractivity contribution < 1.29 is 4.84 Å². The molecule has 0 aromatic carbocycles. The maximum Gasteiger partial charge on any atom is 0.124 e. The molecule has 1 aliphatic heterocycles. The normalized spacial score (nSPS) is 18.6. The van der Waals surface area contributed by atoms with Crippen LogP contribution in [0.3, 0.4) is 0 Å². The van der Waals surface area contributed by atoms with E-state index in [1.54, 1.807) is 0 Å². The van der Waals surface area contributed by atoms with Crippen LogP contribution in [0.5, 0.6) is 0 Å². The van der Waals surface area contributed by atoms with E-state index in [4.69, 9.17) is 4.84 Å². The van der Waals surface area contributed by atoms with Crippen molar-refractivity contribution in [3.8, 4) is 0 Å². The average Bonchev–Trinajstić information content (AvgIpc) is 2.12. The molecule has 0 aliphatic carbocycles. The molecule has 1 N–H and O–H groups in total. The molecule has 0 radical (unpaired) electrons. The molecule has 0 saturated carbocycles. The summed E-state index contributed by atoms with van der Waals surface area (Å²) in [4.78, 5) is 5.03. The second kappa shape index (κ2) is 2.18. The number of nitrogens with one attached hydrogen (secondary N) is 1. The van der Waals surface area contributed by atoms with E-state index in [0.29, 0.717) is 5.92 Å². The van der Waals surface area contributed by atoms with Crippen molar-refractivity contribution in [1.29, 1.82) is 0 Å². The van der Waals surface area contributed by atoms with Gasteiger partial charge in [-0.2, -0.15) is 5.48 Å². The molecule has 1 heterocycles. The lowest BCUT2D eigenvalue weighted by molar-refractivity contribution is 0.120. The highest BCUT2D eigenvalue weighted by Gasteiger charge is 2.07. The topological polar surface area (TPSA) is 21.3 Å². The predicted molar refractivity (Wildman–Crippen MR) is 32.0 cm³/mol. The van der Waals surface area contributed by atoms with Gasteiger partial charge < -0.3 is 4.84 Å². The number of rotatable bonds is 1. The Bertz CT molecular complexity index is 107. The number of allylic oxidation sites excluding steroid dienone is 1. The van der Waals surface area contributed by atoms with Crippen molar-refractivity contribution in [2.45, 2.75) is 13.8 Å². The summed E-state index contributed by atoms with van der Waals surface area (Å²) in [5, 5.41) is 0. The van der Waals surface area contributed by atoms with Crippen LogP contribution in [0.2, 0.25) is 0 Å². The third kappa shape index (κ3) is 1.01. The van der Waals surface area contributed by atoms with Crippen LogP contribution < -0.4 is 5.48 Å². The van der Waals surface area contributed by atoms with E-state index in [1.807, 2.05) is 0 Å². The van der Waals surface area contributed by atoms with Gasteiger partial charge in [0.15, 0.2) is 0 Å². The van der Waals surface area contributed by atoms with Crippen LogP contribution in [0.15, 0.2) is 11.8 Å². The Labute approximate surface area is 49.5 Å². The van der Waals surface area contributed by atoms with Gasteiger partial charge in [-0.05, 0) is 6.08 Å². The first kappa shape index (κ1) is 5.63. The van der Waals surface area contributed by atoms with Gasteiger partial charge in [0.1, 0.15) is 5.76 Å². The van der Waals surface area contributed by atoms with Gasteiger partial charge in [-0.25, -0.2) is 0 Å². The third-order valence-corrected chi connectivity index (χ3v) is 1.15. The maximum absolute atomic E-state index is 5.03. The van der Waals surface area contributed by atoms with Crippen molar-refractivity contribution in [2.24, 2.45) is 5.92 Å². The Morgan fingerprint density at radius 3 is 2.75 bits per heavy atom. The van der Waals surface area contributed by atoms with Crippen molar-refractivity contribution in [2.75, 3.05) is 6.54 Å². The van der Waals surface area contributed by atoms with E-state index in [-0.39, 0.29) is 0 Å². The van der Waals surface area contributed by atoms with Crippen LogP contribution >= 0.6 is 0 Å². The van der Waals surface area contributed by atoms with Crippen LogP contribution in [0.4, 0.5) is 0 Å². The highest BCUT2D eigenvalue weighted by atomic mass is 16.7. The smallest absolute Gasteiger partial charge is 0.124 e. The van der Waals surface area contributed by atoms with Gasteiger partial charge in [0.25, 0.3) is 0 Å². The minimum Gasteiger partial charge on any atom is -0.413 e. The summed E-state index contributed by atoms with van der Waals surface area (Å²) >= 11 is 0. The molecular weight excluding hydrogens is 102 g/mol. The van der Waals surface area contributed by atoms with Gasteiger partial charge in [0.2, 0.25) is 0 Å². The van der Waals surface area contributed by atoms with E-state index in [1.165, 1.54) is 0 Å². The fourth-order valence-electron chi connectivity index (χ4n) is 0.662. The Hall–Kier alpha value is -0.500. The lowest BCUT2D eigenvalue weighted by Crippen LogP contribution is -2.06. The first-order valence-corrected chi connectivity index (χ1v) is 2.90. The van der Waals surface area contributed by atoms with Crippen molar-refractivity contribution in [1.82, 2.24) is 5.48 Å². The molecule has 0 spiro atoms. The number of hydrogen-bond acceptors (Lipinski definition) is 2. The van der Waals surface area contributed by atoms with Crippen LogP contribution in [0, 0.1) is 5.92 Å². The Kier molecular flexibility index (Phi) is 1.53. The molecule has 2 nitrogen and oxygen atoms in total. The van der Waals surface area contributed by atoms with Gasteiger partial charge in [0, 0.05) is 5.92 Å². The molecule has 0 aromatic heterocycles. The fraction of sp³-hybridized carbons (Fsp3) is 0.667. The second-order valence-corrected chi connectivity index (χ2v) is 2.21. The standard InChI is InChI=1S/C6H11NO/c1-5(2)6-3-4-7-8-6/h3,5,7H,4H2,1-2H3. The Balaban J connectivity index is 2.45. The first-order valence-electron chi connectivity index (χ1n) is 2.90. The van der Waals surface area contributed by atoms with Crippen molar-refractivity contribution >= 4 is 0 Å². The zero-order chi connectivity index (χ0) is 5.98. The maximum atomic E-state index is 5.03. The van der Waals surface area contributed by atoms with E-state index < -0.39 is 0 Å². The van der Waals surface area contributed by atoms with Gasteiger partial charge in [-0.15, -0.1) is 0 Å². The van der Waals surface area contributed by atoms with Gasteiger partial charge in [0.05, 0.1) is 6.54 Å². The van der Waals surface area contributed by atoms with Crippen molar-refractivity contribution in [3.05, 3.63) is 11.8 Å². The molecular formula is C6H11NO. The summed E-state index contributed by atoms with van der Waals surface area (Å²) in [6.45, 7) is 5.07. The molecule has 0 unspecified atom stereocenters. The zero-order valence-electron chi connectivity index (χ0n) is 5.27. The fourth-order valence-corrected chi connectivity index (χ4v) is 0.662. The Morgan fingerprint density at radius 1 is 1.75 bits per heavy atom. The summed E-state index contributed by atoms with van der Waals surface area (Å²) in [5.41, 5.74) is 2.76. The molecule has 2 heteroatoms. The summed E-state index contributed by atoms with van der Waals surface area (Å²) < 4.78 is 0. The largest absolute Gasteiger partial charge is 0.413 e. The minimum absolute atomic E-state index is 0.519. The van der Waals surface area contributed by atoms with Crippen molar-refractivity contribution in [3.63, 3.8) is 0 Å². The molecule has 0 amide bonds. The van der Waals surface area contributed by atoms with Gasteiger partial charge >= 0.3 is 0 Å². The molecule has 0 bridgehead atoms. The second-order valence-electron chi connectivity index (χ2n) is 2.21. The number of hydrogen-bond donors (Lipinski definition) is 1. The van der Waals surface area contributed by atoms with E-state index in [9.17, 15) is 0 Å². The minimum atomic E-state index is 0.519. The SMILES string of the molecule is CC(C)C1=CCNO1. The average molecular weight is 113 g/mol. The molecule has 1 rings (SSSR count). The molecule has 8 heavy (non-hydrogen) atoms. The lowest BCUT2D eigenvalue weighted by atomic mass is 10.2. The van der Waals surface area contributed by atoms with Gasteiger partial charge in [-0.3, -0.25) is 0 Å². The first-order chi connectivity index (χ1) is 3.80. The van der Waals surface area contributed by atoms with Crippen LogP contribution in [-0.4, -0.2) is 6.54 Å². The van der Waals surface area contributed by atoms with E-state index in [0.717, 1.165) is 12.3 Å². The molecule has 0 saturated heterocycles. The van der Waals surface area contributed by atoms with Crippen LogP contribution in [-0.2, 0) is 4.84 Å². The number of hydroxylamine groups is 1. The van der Waals surface area contributed by atoms with Crippen LogP contribution in [0.1, 0.15) is 13.8 Å².